The summed E-state index contributed by atoms with van der Waals surface area (Å²) in [5, 5.41) is 1.07. The number of ether oxygens (including phenoxy) is 1. The molecule has 5 heteroatoms. The van der Waals surface area contributed by atoms with E-state index in [1.807, 2.05) is 18.2 Å². The normalized spacial score (nSPS) is 15.3. The van der Waals surface area contributed by atoms with E-state index in [1.165, 1.54) is 18.2 Å². The van der Waals surface area contributed by atoms with Crippen molar-refractivity contribution in [1.82, 2.24) is 0 Å². The first-order chi connectivity index (χ1) is 17.6. The zero-order chi connectivity index (χ0) is 28.0. The van der Waals surface area contributed by atoms with Crippen LogP contribution in [0.25, 0.3) is 11.1 Å². The Balaban J connectivity index is 1.84. The number of hydrogen-bond donors (Lipinski definition) is 0. The van der Waals surface area contributed by atoms with Crippen molar-refractivity contribution in [2.75, 3.05) is 7.11 Å². The highest BCUT2D eigenvalue weighted by molar-refractivity contribution is 7.57. The first kappa shape index (κ1) is 28.2. The van der Waals surface area contributed by atoms with Gasteiger partial charge in [0, 0.05) is 16.7 Å². The average molecular weight is 533 g/mol. The van der Waals surface area contributed by atoms with Crippen molar-refractivity contribution < 1.29 is 18.6 Å². The Morgan fingerprint density at radius 1 is 0.789 bits per heavy atom. The third kappa shape index (κ3) is 5.76. The van der Waals surface area contributed by atoms with Gasteiger partial charge in [0.25, 0.3) is 0 Å². The predicted molar refractivity (Wildman–Crippen MR) is 158 cm³/mol. The van der Waals surface area contributed by atoms with Gasteiger partial charge in [-0.05, 0) is 51.1 Å². The second kappa shape index (κ2) is 10.0. The highest BCUT2D eigenvalue weighted by Crippen LogP contribution is 2.54. The molecule has 0 bridgehead atoms. The molecule has 0 spiro atoms. The highest BCUT2D eigenvalue weighted by atomic mass is 31.2. The molecule has 0 saturated carbocycles. The summed E-state index contributed by atoms with van der Waals surface area (Å²) in [4.78, 5) is 11.9. The summed E-state index contributed by atoms with van der Waals surface area (Å²) in [5.41, 5.74) is 6.43. The van der Waals surface area contributed by atoms with Gasteiger partial charge in [-0.1, -0.05) is 98.7 Å². The molecule has 38 heavy (non-hydrogen) atoms. The van der Waals surface area contributed by atoms with Gasteiger partial charge in [0.1, 0.15) is 11.5 Å². The van der Waals surface area contributed by atoms with Crippen LogP contribution in [0.4, 0.5) is 0 Å². The molecule has 1 heterocycles. The van der Waals surface area contributed by atoms with Crippen molar-refractivity contribution in [2.24, 2.45) is 0 Å². The van der Waals surface area contributed by atoms with Gasteiger partial charge in [-0.15, -0.1) is 0 Å². The van der Waals surface area contributed by atoms with E-state index in [9.17, 15) is 4.79 Å². The van der Waals surface area contributed by atoms with Crippen LogP contribution in [-0.2, 0) is 32.2 Å². The summed E-state index contributed by atoms with van der Waals surface area (Å²) in [5.74, 6) is 1.43. The predicted octanol–water partition coefficient (Wildman–Crippen LogP) is 8.37. The molecule has 0 amide bonds. The summed E-state index contributed by atoms with van der Waals surface area (Å²) in [6, 6.07) is 19.0. The zero-order valence-corrected chi connectivity index (χ0v) is 25.4. The Kier molecular flexibility index (Phi) is 7.45. The molecule has 0 N–H and O–H groups in total. The number of carbonyl (C=O) groups excluding carboxylic acids is 1. The van der Waals surface area contributed by atoms with Crippen molar-refractivity contribution in [3.8, 4) is 22.6 Å². The fourth-order valence-electron chi connectivity index (χ4n) is 4.66. The van der Waals surface area contributed by atoms with Crippen molar-refractivity contribution in [2.45, 2.75) is 85.0 Å². The van der Waals surface area contributed by atoms with Gasteiger partial charge in [-0.3, -0.25) is 4.79 Å². The van der Waals surface area contributed by atoms with Crippen LogP contribution >= 0.6 is 8.38 Å². The van der Waals surface area contributed by atoms with E-state index >= 15 is 0 Å². The quantitative estimate of drug-likeness (QED) is 0.250. The molecular weight excluding hydrogens is 491 g/mol. The number of benzene rings is 3. The second-order valence-corrected chi connectivity index (χ2v) is 14.6. The van der Waals surface area contributed by atoms with Gasteiger partial charge in [-0.25, -0.2) is 0 Å². The number of fused-ring (bicyclic) bond motifs is 3. The van der Waals surface area contributed by atoms with Gasteiger partial charge >= 0.3 is 14.3 Å². The lowest BCUT2D eigenvalue weighted by Gasteiger charge is -2.35. The molecule has 1 unspecified atom stereocenters. The summed E-state index contributed by atoms with van der Waals surface area (Å²) in [6.07, 6.45) is 0.229. The van der Waals surface area contributed by atoms with Gasteiger partial charge in [0.05, 0.1) is 18.8 Å². The summed E-state index contributed by atoms with van der Waals surface area (Å²) >= 11 is 0. The van der Waals surface area contributed by atoms with E-state index in [4.69, 9.17) is 13.8 Å². The van der Waals surface area contributed by atoms with Crippen molar-refractivity contribution in [3.05, 3.63) is 76.9 Å². The maximum Gasteiger partial charge on any atom is 0.326 e. The topological polar surface area (TPSA) is 44.8 Å². The third-order valence-electron chi connectivity index (χ3n) is 6.94. The standard InChI is InChI=1S/C33H41O4P/c1-31(2,3)22-19-24-23-13-11-12-14-28(23)38(37-30(24)26(20-22)33(7,8)9)36-27-16-15-21(18-29(34)35-10)17-25(27)32(4,5)6/h11-17,19-20H,18H2,1-10H3. The minimum Gasteiger partial charge on any atom is -0.469 e. The molecule has 0 saturated heterocycles. The van der Waals surface area contributed by atoms with E-state index in [2.05, 4.69) is 98.7 Å². The van der Waals surface area contributed by atoms with Crippen LogP contribution < -0.4 is 14.4 Å². The molecule has 3 aromatic carbocycles. The maximum absolute atomic E-state index is 11.9. The second-order valence-electron chi connectivity index (χ2n) is 13.2. The van der Waals surface area contributed by atoms with Crippen LogP contribution in [0.15, 0.2) is 54.6 Å². The molecule has 0 aromatic heterocycles. The van der Waals surface area contributed by atoms with E-state index in [-0.39, 0.29) is 28.6 Å². The Hall–Kier alpha value is -2.84. The summed E-state index contributed by atoms with van der Waals surface area (Å²) in [7, 11) is -0.0202. The third-order valence-corrected chi connectivity index (χ3v) is 8.43. The van der Waals surface area contributed by atoms with Gasteiger partial charge in [0.15, 0.2) is 0 Å². The summed E-state index contributed by atoms with van der Waals surface area (Å²) in [6.45, 7) is 19.9. The summed E-state index contributed by atoms with van der Waals surface area (Å²) < 4.78 is 18.5. The molecule has 1 aliphatic heterocycles. The SMILES string of the molecule is COC(=O)Cc1ccc(OP2Oc3c(cc(C(C)(C)C)cc3C(C)(C)C)-c3ccccc32)c(C(C)(C)C)c1. The Labute approximate surface area is 229 Å². The minimum atomic E-state index is -1.44. The fourth-order valence-corrected chi connectivity index (χ4v) is 6.19. The van der Waals surface area contributed by atoms with Crippen LogP contribution in [-0.4, -0.2) is 13.1 Å². The largest absolute Gasteiger partial charge is 0.469 e. The number of rotatable bonds is 4. The van der Waals surface area contributed by atoms with Crippen molar-refractivity contribution in [1.29, 1.82) is 0 Å². The molecule has 0 aliphatic carbocycles. The monoisotopic (exact) mass is 532 g/mol. The Bertz CT molecular complexity index is 1350. The van der Waals surface area contributed by atoms with Crippen molar-refractivity contribution >= 4 is 19.6 Å². The highest BCUT2D eigenvalue weighted by Gasteiger charge is 2.36. The van der Waals surface area contributed by atoms with E-state index < -0.39 is 8.38 Å². The Morgan fingerprint density at radius 3 is 2.05 bits per heavy atom. The molecule has 1 aliphatic rings. The smallest absolute Gasteiger partial charge is 0.326 e. The zero-order valence-electron chi connectivity index (χ0n) is 24.5. The van der Waals surface area contributed by atoms with Gasteiger partial charge in [0.2, 0.25) is 0 Å². The molecule has 4 nitrogen and oxygen atoms in total. The van der Waals surface area contributed by atoms with Crippen LogP contribution in [0.5, 0.6) is 11.5 Å². The lowest BCUT2D eigenvalue weighted by Crippen LogP contribution is -2.24. The molecule has 0 fully saturated rings. The molecule has 1 atom stereocenters. The first-order valence-corrected chi connectivity index (χ1v) is 14.4. The number of carbonyl (C=O) groups is 1. The fraction of sp³-hybridized carbons (Fsp3) is 0.424. The van der Waals surface area contributed by atoms with Gasteiger partial charge < -0.3 is 13.8 Å². The van der Waals surface area contributed by atoms with E-state index in [0.29, 0.717) is 0 Å². The van der Waals surface area contributed by atoms with Crippen molar-refractivity contribution in [3.63, 3.8) is 0 Å². The number of esters is 1. The molecule has 4 rings (SSSR count). The molecule has 3 aromatic rings. The average Bonchev–Trinajstić information content (AvgIpc) is 2.82. The molecule has 0 radical (unpaired) electrons. The molecule has 202 valence electrons. The minimum absolute atomic E-state index is 0.0101. The lowest BCUT2D eigenvalue weighted by molar-refractivity contribution is -0.139. The number of hydrogen-bond acceptors (Lipinski definition) is 4. The van der Waals surface area contributed by atoms with E-state index in [1.54, 1.807) is 0 Å². The van der Waals surface area contributed by atoms with E-state index in [0.717, 1.165) is 39.1 Å². The molecular formula is C33H41O4P. The first-order valence-electron chi connectivity index (χ1n) is 13.2. The van der Waals surface area contributed by atoms with Crippen LogP contribution in [0.2, 0.25) is 0 Å². The lowest BCUT2D eigenvalue weighted by atomic mass is 9.78. The maximum atomic E-state index is 11.9. The van der Waals surface area contributed by atoms with Crippen LogP contribution in [0, 0.1) is 0 Å². The van der Waals surface area contributed by atoms with Crippen LogP contribution in [0.1, 0.15) is 84.6 Å². The van der Waals surface area contributed by atoms with Gasteiger partial charge in [-0.2, -0.15) is 0 Å². The number of methoxy groups -OCH3 is 1. The van der Waals surface area contributed by atoms with Crippen LogP contribution in [0.3, 0.4) is 0 Å². The Morgan fingerprint density at radius 2 is 1.45 bits per heavy atom.